The van der Waals surface area contributed by atoms with Gasteiger partial charge in [-0.15, -0.1) is 11.3 Å². The van der Waals surface area contributed by atoms with Gasteiger partial charge in [-0.3, -0.25) is 9.69 Å². The van der Waals surface area contributed by atoms with Crippen LogP contribution in [0.2, 0.25) is 0 Å². The second-order valence-corrected chi connectivity index (χ2v) is 6.70. The summed E-state index contributed by atoms with van der Waals surface area (Å²) in [4.78, 5) is 21.6. The average molecular weight is 335 g/mol. The lowest BCUT2D eigenvalue weighted by molar-refractivity contribution is -0.135. The van der Waals surface area contributed by atoms with E-state index in [9.17, 15) is 9.18 Å². The average Bonchev–Trinajstić information content (AvgIpc) is 2.91. The molecule has 1 heterocycles. The summed E-state index contributed by atoms with van der Waals surface area (Å²) in [6.45, 7) is 2.55. The van der Waals surface area contributed by atoms with E-state index in [0.717, 1.165) is 12.1 Å². The molecule has 0 fully saturated rings. The highest BCUT2D eigenvalue weighted by Crippen LogP contribution is 2.23. The van der Waals surface area contributed by atoms with Crippen LogP contribution in [0.4, 0.5) is 4.39 Å². The molecule has 124 valence electrons. The minimum absolute atomic E-state index is 0.109. The minimum Gasteiger partial charge on any atom is -0.344 e. The lowest BCUT2D eigenvalue weighted by Gasteiger charge is -2.28. The van der Waals surface area contributed by atoms with E-state index in [1.165, 1.54) is 10.9 Å². The van der Waals surface area contributed by atoms with Crippen LogP contribution in [0.5, 0.6) is 0 Å². The third-order valence-electron chi connectivity index (χ3n) is 3.85. The summed E-state index contributed by atoms with van der Waals surface area (Å²) in [6, 6.07) is 5.82. The number of aryl methyl sites for hydroxylation is 1. The maximum absolute atomic E-state index is 14.1. The summed E-state index contributed by atoms with van der Waals surface area (Å²) in [6.07, 6.45) is 0.760. The highest BCUT2D eigenvalue weighted by Gasteiger charge is 2.28. The molecular weight excluding hydrogens is 313 g/mol. The van der Waals surface area contributed by atoms with Crippen molar-refractivity contribution in [1.29, 1.82) is 0 Å². The SMILES string of the molecule is Cc1ncsc1CCN(C)C(=O)[C@@H](c1ccccc1F)N(C)C. The normalized spacial score (nSPS) is 12.4. The van der Waals surface area contributed by atoms with Gasteiger partial charge in [-0.25, -0.2) is 9.37 Å². The first-order chi connectivity index (χ1) is 10.9. The molecule has 0 spiro atoms. The Hall–Kier alpha value is -1.79. The molecule has 0 saturated heterocycles. The van der Waals surface area contributed by atoms with Crippen molar-refractivity contribution in [2.75, 3.05) is 27.7 Å². The van der Waals surface area contributed by atoms with Crippen molar-refractivity contribution < 1.29 is 9.18 Å². The first-order valence-electron chi connectivity index (χ1n) is 7.46. The maximum atomic E-state index is 14.1. The van der Waals surface area contributed by atoms with E-state index in [2.05, 4.69) is 4.98 Å². The van der Waals surface area contributed by atoms with E-state index in [1.807, 2.05) is 12.4 Å². The number of aromatic nitrogens is 1. The molecule has 0 radical (unpaired) electrons. The molecular formula is C17H22FN3OS. The highest BCUT2D eigenvalue weighted by atomic mass is 32.1. The summed E-state index contributed by atoms with van der Waals surface area (Å²) in [5, 5.41) is 0. The van der Waals surface area contributed by atoms with Gasteiger partial charge < -0.3 is 4.90 Å². The molecule has 1 aromatic heterocycles. The Balaban J connectivity index is 2.11. The zero-order valence-electron chi connectivity index (χ0n) is 13.9. The number of hydrogen-bond donors (Lipinski definition) is 0. The van der Waals surface area contributed by atoms with Gasteiger partial charge in [0, 0.05) is 30.5 Å². The molecule has 2 rings (SSSR count). The fraction of sp³-hybridized carbons (Fsp3) is 0.412. The second-order valence-electron chi connectivity index (χ2n) is 5.76. The monoisotopic (exact) mass is 335 g/mol. The molecule has 2 aromatic rings. The smallest absolute Gasteiger partial charge is 0.244 e. The van der Waals surface area contributed by atoms with Gasteiger partial charge in [-0.1, -0.05) is 18.2 Å². The molecule has 0 bridgehead atoms. The van der Waals surface area contributed by atoms with Crippen LogP contribution in [0.1, 0.15) is 22.2 Å². The topological polar surface area (TPSA) is 36.4 Å². The summed E-state index contributed by atoms with van der Waals surface area (Å²) in [7, 11) is 5.34. The number of hydrogen-bond acceptors (Lipinski definition) is 4. The molecule has 0 aliphatic heterocycles. The molecule has 0 N–H and O–H groups in total. The van der Waals surface area contributed by atoms with Gasteiger partial charge in [0.2, 0.25) is 5.91 Å². The standard InChI is InChI=1S/C17H22FN3OS/c1-12-15(23-11-19-12)9-10-21(4)17(22)16(20(2)3)13-7-5-6-8-14(13)18/h5-8,11,16H,9-10H2,1-4H3/t16-/m1/s1. The van der Waals surface area contributed by atoms with Crippen LogP contribution in [0.15, 0.2) is 29.8 Å². The number of rotatable bonds is 6. The first-order valence-corrected chi connectivity index (χ1v) is 8.34. The Morgan fingerprint density at radius 3 is 2.57 bits per heavy atom. The van der Waals surface area contributed by atoms with Crippen molar-refractivity contribution >= 4 is 17.2 Å². The third-order valence-corrected chi connectivity index (χ3v) is 4.84. The molecule has 1 aromatic carbocycles. The number of carbonyl (C=O) groups excluding carboxylic acids is 1. The molecule has 6 heteroatoms. The Labute approximate surface area is 140 Å². The number of likely N-dealkylation sites (N-methyl/N-ethyl adjacent to an activating group) is 2. The van der Waals surface area contributed by atoms with Gasteiger partial charge in [0.15, 0.2) is 0 Å². The van der Waals surface area contributed by atoms with E-state index in [0.29, 0.717) is 12.1 Å². The summed E-state index contributed by atoms with van der Waals surface area (Å²) < 4.78 is 14.1. The van der Waals surface area contributed by atoms with E-state index < -0.39 is 6.04 Å². The van der Waals surface area contributed by atoms with Gasteiger partial charge in [0.05, 0.1) is 11.2 Å². The highest BCUT2D eigenvalue weighted by molar-refractivity contribution is 7.09. The Morgan fingerprint density at radius 2 is 2.00 bits per heavy atom. The largest absolute Gasteiger partial charge is 0.344 e. The predicted octanol–water partition coefficient (Wildman–Crippen LogP) is 2.89. The van der Waals surface area contributed by atoms with E-state index >= 15 is 0 Å². The van der Waals surface area contributed by atoms with E-state index in [1.54, 1.807) is 60.5 Å². The van der Waals surface area contributed by atoms with E-state index in [-0.39, 0.29) is 11.7 Å². The Morgan fingerprint density at radius 1 is 1.30 bits per heavy atom. The van der Waals surface area contributed by atoms with Gasteiger partial charge in [-0.05, 0) is 27.1 Å². The fourth-order valence-corrected chi connectivity index (χ4v) is 3.25. The van der Waals surface area contributed by atoms with E-state index in [4.69, 9.17) is 0 Å². The van der Waals surface area contributed by atoms with Crippen LogP contribution in [0.3, 0.4) is 0 Å². The Kier molecular flexibility index (Phi) is 5.85. The molecule has 0 aliphatic carbocycles. The molecule has 1 amide bonds. The molecule has 0 aliphatic rings. The van der Waals surface area contributed by atoms with Crippen LogP contribution in [0, 0.1) is 12.7 Å². The molecule has 4 nitrogen and oxygen atoms in total. The van der Waals surface area contributed by atoms with Crippen molar-refractivity contribution in [2.24, 2.45) is 0 Å². The Bertz CT molecular complexity index is 671. The van der Waals surface area contributed by atoms with Crippen molar-refractivity contribution in [1.82, 2.24) is 14.8 Å². The third kappa shape index (κ3) is 4.14. The van der Waals surface area contributed by atoms with Crippen LogP contribution >= 0.6 is 11.3 Å². The van der Waals surface area contributed by atoms with Crippen molar-refractivity contribution in [2.45, 2.75) is 19.4 Å². The van der Waals surface area contributed by atoms with Crippen LogP contribution in [0.25, 0.3) is 0 Å². The summed E-state index contributed by atoms with van der Waals surface area (Å²) >= 11 is 1.60. The molecule has 23 heavy (non-hydrogen) atoms. The zero-order valence-corrected chi connectivity index (χ0v) is 14.7. The van der Waals surface area contributed by atoms with Gasteiger partial charge in [0.25, 0.3) is 0 Å². The first kappa shape index (κ1) is 17.6. The van der Waals surface area contributed by atoms with Gasteiger partial charge in [-0.2, -0.15) is 0 Å². The minimum atomic E-state index is -0.622. The predicted molar refractivity (Wildman–Crippen MR) is 91.0 cm³/mol. The lowest BCUT2D eigenvalue weighted by atomic mass is 10.0. The van der Waals surface area contributed by atoms with Crippen molar-refractivity contribution in [3.05, 3.63) is 51.7 Å². The summed E-state index contributed by atoms with van der Waals surface area (Å²) in [5.74, 6) is -0.464. The molecule has 0 unspecified atom stereocenters. The number of amides is 1. The van der Waals surface area contributed by atoms with Gasteiger partial charge >= 0.3 is 0 Å². The fourth-order valence-electron chi connectivity index (χ4n) is 2.48. The maximum Gasteiger partial charge on any atom is 0.244 e. The summed E-state index contributed by atoms with van der Waals surface area (Å²) in [5.41, 5.74) is 3.23. The zero-order chi connectivity index (χ0) is 17.0. The van der Waals surface area contributed by atoms with Crippen molar-refractivity contribution in [3.8, 4) is 0 Å². The number of benzene rings is 1. The lowest BCUT2D eigenvalue weighted by Crippen LogP contribution is -2.39. The van der Waals surface area contributed by atoms with Crippen LogP contribution in [-0.4, -0.2) is 48.4 Å². The molecule has 0 saturated carbocycles. The van der Waals surface area contributed by atoms with Crippen molar-refractivity contribution in [3.63, 3.8) is 0 Å². The number of nitrogens with zero attached hydrogens (tertiary/aromatic N) is 3. The number of carbonyl (C=O) groups is 1. The second kappa shape index (κ2) is 7.66. The van der Waals surface area contributed by atoms with Gasteiger partial charge in [0.1, 0.15) is 11.9 Å². The van der Waals surface area contributed by atoms with Crippen LogP contribution < -0.4 is 0 Å². The number of thiazole rings is 1. The number of halogens is 1. The van der Waals surface area contributed by atoms with Crippen LogP contribution in [-0.2, 0) is 11.2 Å². The molecule has 1 atom stereocenters. The quantitative estimate of drug-likeness (QED) is 0.814.